The van der Waals surface area contributed by atoms with Crippen LogP contribution in [0.2, 0.25) is 5.02 Å². The quantitative estimate of drug-likeness (QED) is 0.424. The first kappa shape index (κ1) is 18.0. The van der Waals surface area contributed by atoms with E-state index >= 15 is 0 Å². The van der Waals surface area contributed by atoms with E-state index in [0.29, 0.717) is 10.6 Å². The molecule has 20 heavy (non-hydrogen) atoms. The van der Waals surface area contributed by atoms with E-state index in [4.69, 9.17) is 36.8 Å². The van der Waals surface area contributed by atoms with Gasteiger partial charge in [-0.2, -0.15) is 0 Å². The second-order valence-electron chi connectivity index (χ2n) is 3.47. The number of hydrogen-bond donors (Lipinski definition) is 0. The predicted octanol–water partition coefficient (Wildman–Crippen LogP) is 5.84. The zero-order valence-electron chi connectivity index (χ0n) is 10.9. The zero-order chi connectivity index (χ0) is 15.2. The van der Waals surface area contributed by atoms with Gasteiger partial charge < -0.3 is 4.52 Å². The largest absolute Gasteiger partial charge is 0.530 e. The van der Waals surface area contributed by atoms with Crippen molar-refractivity contribution >= 4 is 52.7 Å². The molecule has 0 atom stereocenters. The molecule has 0 bridgehead atoms. The lowest BCUT2D eigenvalue weighted by Gasteiger charge is -2.19. The van der Waals surface area contributed by atoms with Gasteiger partial charge in [-0.3, -0.25) is 9.05 Å². The van der Waals surface area contributed by atoms with Crippen LogP contribution in [0.3, 0.4) is 0 Å². The number of phosphoric ester groups is 1. The number of benzene rings is 1. The van der Waals surface area contributed by atoms with Gasteiger partial charge in [-0.25, -0.2) is 4.57 Å². The zero-order valence-corrected chi connectivity index (χ0v) is 14.9. The van der Waals surface area contributed by atoms with Crippen LogP contribution in [-0.2, 0) is 18.1 Å². The second-order valence-corrected chi connectivity index (χ2v) is 6.61. The maximum atomic E-state index is 12.3. The Kier molecular flexibility index (Phi) is 7.59. The third-order valence-electron chi connectivity index (χ3n) is 2.08. The van der Waals surface area contributed by atoms with E-state index in [-0.39, 0.29) is 19.0 Å². The fraction of sp³-hybridized carbons (Fsp3) is 0.333. The summed E-state index contributed by atoms with van der Waals surface area (Å²) in [7, 11) is -3.72. The predicted molar refractivity (Wildman–Crippen MR) is 84.9 cm³/mol. The van der Waals surface area contributed by atoms with Gasteiger partial charge in [-0.1, -0.05) is 39.1 Å². The van der Waals surface area contributed by atoms with Crippen molar-refractivity contribution in [3.05, 3.63) is 38.8 Å². The molecule has 0 fully saturated rings. The Morgan fingerprint density at radius 1 is 1.35 bits per heavy atom. The summed E-state index contributed by atoms with van der Waals surface area (Å²) in [5, 5.41) is 0.402. The Hall–Kier alpha value is -0.0300. The number of hydrogen-bond acceptors (Lipinski definition) is 4. The van der Waals surface area contributed by atoms with E-state index in [2.05, 4.69) is 15.9 Å². The molecule has 112 valence electrons. The molecule has 0 aliphatic rings. The molecule has 8 heteroatoms. The van der Waals surface area contributed by atoms with Crippen LogP contribution < -0.4 is 0 Å². The van der Waals surface area contributed by atoms with Crippen molar-refractivity contribution in [2.45, 2.75) is 13.8 Å². The van der Waals surface area contributed by atoms with E-state index in [0.717, 1.165) is 10.0 Å². The highest BCUT2D eigenvalue weighted by molar-refractivity contribution is 9.10. The van der Waals surface area contributed by atoms with Gasteiger partial charge in [0.25, 0.3) is 0 Å². The summed E-state index contributed by atoms with van der Waals surface area (Å²) in [6, 6.07) is 5.12. The van der Waals surface area contributed by atoms with Crippen molar-refractivity contribution in [3.63, 3.8) is 0 Å². The van der Waals surface area contributed by atoms with Crippen LogP contribution in [0.25, 0.3) is 5.76 Å². The van der Waals surface area contributed by atoms with Gasteiger partial charge in [-0.15, -0.1) is 0 Å². The number of rotatable bonds is 7. The third kappa shape index (κ3) is 5.06. The molecular weight excluding hydrogens is 390 g/mol. The Morgan fingerprint density at radius 2 is 1.95 bits per heavy atom. The summed E-state index contributed by atoms with van der Waals surface area (Å²) in [6.45, 7) is 3.73. The molecular formula is C12H14BrCl2O4P. The first-order chi connectivity index (χ1) is 9.45. The summed E-state index contributed by atoms with van der Waals surface area (Å²) >= 11 is 15.1. The molecule has 0 unspecified atom stereocenters. The van der Waals surface area contributed by atoms with Crippen molar-refractivity contribution in [2.24, 2.45) is 0 Å². The maximum absolute atomic E-state index is 12.3. The average Bonchev–Trinajstić information content (AvgIpc) is 2.40. The van der Waals surface area contributed by atoms with Gasteiger partial charge in [0.1, 0.15) is 0 Å². The van der Waals surface area contributed by atoms with Gasteiger partial charge in [0.05, 0.1) is 18.2 Å². The van der Waals surface area contributed by atoms with Crippen molar-refractivity contribution in [1.82, 2.24) is 0 Å². The summed E-state index contributed by atoms with van der Waals surface area (Å²) in [6.07, 6.45) is 0. The molecule has 0 spiro atoms. The number of phosphoric acid groups is 1. The molecule has 0 aliphatic carbocycles. The van der Waals surface area contributed by atoms with Gasteiger partial charge in [-0.05, 0) is 32.0 Å². The van der Waals surface area contributed by atoms with E-state index in [1.54, 1.807) is 32.0 Å². The third-order valence-corrected chi connectivity index (χ3v) is 4.67. The second kappa shape index (κ2) is 8.42. The molecule has 1 aromatic rings. The van der Waals surface area contributed by atoms with E-state index < -0.39 is 7.82 Å². The summed E-state index contributed by atoms with van der Waals surface area (Å²) in [5.74, 6) is 0.114. The smallest absolute Gasteiger partial charge is 0.402 e. The van der Waals surface area contributed by atoms with Crippen molar-refractivity contribution < 1.29 is 18.1 Å². The monoisotopic (exact) mass is 402 g/mol. The topological polar surface area (TPSA) is 44.8 Å². The van der Waals surface area contributed by atoms with Gasteiger partial charge >= 0.3 is 7.82 Å². The fourth-order valence-corrected chi connectivity index (χ4v) is 3.34. The highest BCUT2D eigenvalue weighted by atomic mass is 79.9. The van der Waals surface area contributed by atoms with Crippen LogP contribution in [-0.4, -0.2) is 13.2 Å². The first-order valence-corrected chi connectivity index (χ1v) is 8.87. The minimum atomic E-state index is -3.72. The molecule has 0 aromatic heterocycles. The lowest BCUT2D eigenvalue weighted by molar-refractivity contribution is 0.159. The molecule has 0 saturated carbocycles. The molecule has 0 amide bonds. The highest BCUT2D eigenvalue weighted by Crippen LogP contribution is 2.53. The normalized spacial score (nSPS) is 12.6. The van der Waals surface area contributed by atoms with Crippen LogP contribution in [0, 0.1) is 0 Å². The van der Waals surface area contributed by atoms with Crippen molar-refractivity contribution in [2.75, 3.05) is 13.2 Å². The highest BCUT2D eigenvalue weighted by Gasteiger charge is 2.29. The molecule has 4 nitrogen and oxygen atoms in total. The minimum absolute atomic E-state index is 0.114. The SMILES string of the molecule is CCOP(=O)(OCC)O/C(=C\Cl)c1cc(Br)ccc1Cl. The first-order valence-electron chi connectivity index (χ1n) is 5.80. The van der Waals surface area contributed by atoms with Crippen LogP contribution in [0.15, 0.2) is 28.2 Å². The van der Waals surface area contributed by atoms with Crippen LogP contribution in [0.5, 0.6) is 0 Å². The lowest BCUT2D eigenvalue weighted by atomic mass is 10.2. The summed E-state index contributed by atoms with van der Waals surface area (Å²) in [4.78, 5) is 0. The summed E-state index contributed by atoms with van der Waals surface area (Å²) in [5.41, 5.74) is 1.62. The van der Waals surface area contributed by atoms with E-state index in [1.165, 1.54) is 0 Å². The van der Waals surface area contributed by atoms with Crippen LogP contribution in [0.1, 0.15) is 19.4 Å². The molecule has 1 rings (SSSR count). The molecule has 0 aliphatic heterocycles. The van der Waals surface area contributed by atoms with Crippen molar-refractivity contribution in [1.29, 1.82) is 0 Å². The van der Waals surface area contributed by atoms with Crippen molar-refractivity contribution in [3.8, 4) is 0 Å². The average molecular weight is 404 g/mol. The Bertz CT molecular complexity index is 526. The fourth-order valence-electron chi connectivity index (χ4n) is 1.34. The molecule has 0 N–H and O–H groups in total. The maximum Gasteiger partial charge on any atom is 0.530 e. The number of halogens is 3. The Labute approximate surface area is 136 Å². The van der Waals surface area contributed by atoms with Crippen LogP contribution >= 0.6 is 47.0 Å². The van der Waals surface area contributed by atoms with Gasteiger partial charge in [0.15, 0.2) is 5.76 Å². The molecule has 1 aromatic carbocycles. The standard InChI is InChI=1S/C12H14BrCl2O4P/c1-3-17-20(16,18-4-2)19-12(8-14)10-7-9(13)5-6-11(10)15/h5-8H,3-4H2,1-2H3/b12-8-. The Balaban J connectivity index is 3.08. The van der Waals surface area contributed by atoms with Gasteiger partial charge in [0.2, 0.25) is 0 Å². The van der Waals surface area contributed by atoms with Gasteiger partial charge in [0, 0.05) is 15.6 Å². The summed E-state index contributed by atoms with van der Waals surface area (Å²) < 4.78 is 28.5. The molecule has 0 radical (unpaired) electrons. The molecule has 0 saturated heterocycles. The Morgan fingerprint density at radius 3 is 2.45 bits per heavy atom. The minimum Gasteiger partial charge on any atom is -0.402 e. The lowest BCUT2D eigenvalue weighted by Crippen LogP contribution is -2.00. The van der Waals surface area contributed by atoms with E-state index in [9.17, 15) is 4.57 Å². The molecule has 0 heterocycles. The van der Waals surface area contributed by atoms with Crippen LogP contribution in [0.4, 0.5) is 0 Å². The van der Waals surface area contributed by atoms with E-state index in [1.807, 2.05) is 0 Å².